The van der Waals surface area contributed by atoms with Crippen molar-refractivity contribution in [1.29, 1.82) is 0 Å². The number of aliphatic hydroxyl groups is 1. The molecule has 1 amide bonds. The van der Waals surface area contributed by atoms with Crippen LogP contribution in [0.25, 0.3) is 0 Å². The molecule has 3 heterocycles. The average Bonchev–Trinajstić information content (AvgIpc) is 3.49. The molecule has 6 rings (SSSR count). The number of methoxy groups -OCH3 is 1. The maximum atomic E-state index is 14.5. The van der Waals surface area contributed by atoms with Crippen LogP contribution in [0.3, 0.4) is 0 Å². The van der Waals surface area contributed by atoms with Gasteiger partial charge in [-0.15, -0.1) is 0 Å². The third-order valence-corrected chi connectivity index (χ3v) is 9.96. The molecule has 2 saturated heterocycles. The number of hydrogen-bond donors (Lipinski definition) is 3. The minimum atomic E-state index is -1.27. The molecule has 0 unspecified atom stereocenters. The van der Waals surface area contributed by atoms with Crippen molar-refractivity contribution < 1.29 is 29.1 Å². The minimum absolute atomic E-state index is 0.0201. The van der Waals surface area contributed by atoms with Crippen molar-refractivity contribution in [2.75, 3.05) is 38.8 Å². The lowest BCUT2D eigenvalue weighted by Gasteiger charge is -2.41. The number of fused-ring (bicyclic) bond motifs is 2. The molecule has 0 radical (unpaired) electrons. The molecule has 0 aliphatic carbocycles. The van der Waals surface area contributed by atoms with Crippen LogP contribution in [-0.2, 0) is 26.4 Å². The SMILES string of the molecule is COC(=O)c1ccc(CN[C@@H]2[C@H](CO)N(CC3CCOCC3)[C@@]3(C(=O)Nc4cc(Cl)ccc43)[C@H]2c2cccc(Cl)c2)c([N+](=O)[O-])c1. The Morgan fingerprint density at radius 3 is 2.61 bits per heavy atom. The van der Waals surface area contributed by atoms with Crippen LogP contribution in [0.4, 0.5) is 11.4 Å². The molecule has 1 spiro atoms. The van der Waals surface area contributed by atoms with Crippen LogP contribution in [-0.4, -0.2) is 72.4 Å². The Morgan fingerprint density at radius 2 is 1.91 bits per heavy atom. The highest BCUT2D eigenvalue weighted by Crippen LogP contribution is 2.57. The lowest BCUT2D eigenvalue weighted by Crippen LogP contribution is -2.54. The summed E-state index contributed by atoms with van der Waals surface area (Å²) in [7, 11) is 1.21. The predicted octanol–water partition coefficient (Wildman–Crippen LogP) is 4.88. The number of rotatable bonds is 9. The molecule has 13 heteroatoms. The first-order chi connectivity index (χ1) is 22.2. The lowest BCUT2D eigenvalue weighted by molar-refractivity contribution is -0.385. The maximum Gasteiger partial charge on any atom is 0.338 e. The van der Waals surface area contributed by atoms with Crippen molar-refractivity contribution in [2.24, 2.45) is 5.92 Å². The van der Waals surface area contributed by atoms with Gasteiger partial charge in [0.1, 0.15) is 5.54 Å². The molecule has 11 nitrogen and oxygen atoms in total. The Labute approximate surface area is 275 Å². The summed E-state index contributed by atoms with van der Waals surface area (Å²) in [4.78, 5) is 40.3. The second-order valence-corrected chi connectivity index (χ2v) is 12.8. The fourth-order valence-corrected chi connectivity index (χ4v) is 7.83. The van der Waals surface area contributed by atoms with Crippen LogP contribution in [0.5, 0.6) is 0 Å². The van der Waals surface area contributed by atoms with Gasteiger partial charge in [-0.1, -0.05) is 47.5 Å². The number of halogens is 2. The second kappa shape index (κ2) is 13.3. The lowest BCUT2D eigenvalue weighted by atomic mass is 9.73. The molecular formula is C33H34Cl2N4O7. The molecule has 0 saturated carbocycles. The number of nitro groups is 1. The fourth-order valence-electron chi connectivity index (χ4n) is 7.46. The summed E-state index contributed by atoms with van der Waals surface area (Å²) in [5, 5.41) is 30.7. The van der Waals surface area contributed by atoms with E-state index in [1.165, 1.54) is 25.3 Å². The van der Waals surface area contributed by atoms with Gasteiger partial charge in [-0.2, -0.15) is 0 Å². The quantitative estimate of drug-likeness (QED) is 0.165. The van der Waals surface area contributed by atoms with E-state index in [0.29, 0.717) is 41.1 Å². The fraction of sp³-hybridized carbons (Fsp3) is 0.394. The van der Waals surface area contributed by atoms with Crippen LogP contribution in [0.15, 0.2) is 60.7 Å². The zero-order chi connectivity index (χ0) is 32.6. The number of amides is 1. The number of benzene rings is 3. The van der Waals surface area contributed by atoms with Crippen LogP contribution in [0, 0.1) is 16.0 Å². The van der Waals surface area contributed by atoms with Gasteiger partial charge >= 0.3 is 5.97 Å². The van der Waals surface area contributed by atoms with Crippen molar-refractivity contribution in [3.63, 3.8) is 0 Å². The van der Waals surface area contributed by atoms with E-state index < -0.39 is 34.4 Å². The summed E-state index contributed by atoms with van der Waals surface area (Å²) in [5.41, 5.74) is 0.965. The first-order valence-electron chi connectivity index (χ1n) is 15.1. The highest BCUT2D eigenvalue weighted by Gasteiger charge is 2.66. The number of likely N-dealkylation sites (tertiary alicyclic amines) is 1. The monoisotopic (exact) mass is 668 g/mol. The summed E-state index contributed by atoms with van der Waals surface area (Å²) >= 11 is 12.9. The van der Waals surface area contributed by atoms with E-state index >= 15 is 0 Å². The molecule has 0 bridgehead atoms. The summed E-state index contributed by atoms with van der Waals surface area (Å²) in [6.45, 7) is 1.45. The van der Waals surface area contributed by atoms with Gasteiger partial charge in [-0.25, -0.2) is 4.79 Å². The van der Waals surface area contributed by atoms with E-state index in [2.05, 4.69) is 15.5 Å². The Morgan fingerprint density at radius 1 is 1.15 bits per heavy atom. The van der Waals surface area contributed by atoms with Gasteiger partial charge in [-0.05, 0) is 54.7 Å². The summed E-state index contributed by atoms with van der Waals surface area (Å²) < 4.78 is 10.4. The van der Waals surface area contributed by atoms with Gasteiger partial charge < -0.3 is 25.2 Å². The Kier molecular flexibility index (Phi) is 9.33. The van der Waals surface area contributed by atoms with Crippen molar-refractivity contribution in [3.05, 3.63) is 103 Å². The van der Waals surface area contributed by atoms with Crippen molar-refractivity contribution in [1.82, 2.24) is 10.2 Å². The number of nitrogens with one attached hydrogen (secondary N) is 2. The van der Waals surface area contributed by atoms with Crippen molar-refractivity contribution >= 4 is 46.5 Å². The molecule has 4 atom stereocenters. The summed E-state index contributed by atoms with van der Waals surface area (Å²) in [5.74, 6) is -1.32. The molecule has 2 fully saturated rings. The second-order valence-electron chi connectivity index (χ2n) is 11.9. The third kappa shape index (κ3) is 5.65. The number of carbonyl (C=O) groups excluding carboxylic acids is 2. The number of anilines is 1. The number of hydrogen-bond acceptors (Lipinski definition) is 9. The van der Waals surface area contributed by atoms with Crippen LogP contribution in [0.2, 0.25) is 10.0 Å². The molecule has 242 valence electrons. The molecule has 0 aromatic heterocycles. The van der Waals surface area contributed by atoms with Crippen molar-refractivity contribution in [2.45, 2.75) is 42.9 Å². The minimum Gasteiger partial charge on any atom is -0.465 e. The molecule has 3 aromatic rings. The van der Waals surface area contributed by atoms with Gasteiger partial charge in [-0.3, -0.25) is 19.8 Å². The van der Waals surface area contributed by atoms with Crippen LogP contribution >= 0.6 is 23.2 Å². The number of esters is 1. The number of carbonyl (C=O) groups is 2. The van der Waals surface area contributed by atoms with E-state index in [1.54, 1.807) is 18.2 Å². The molecular weight excluding hydrogens is 635 g/mol. The van der Waals surface area contributed by atoms with Gasteiger partial charge in [0, 0.05) is 71.2 Å². The topological polar surface area (TPSA) is 143 Å². The molecule has 3 N–H and O–H groups in total. The summed E-state index contributed by atoms with van der Waals surface area (Å²) in [6.07, 6.45) is 1.61. The zero-order valence-corrected chi connectivity index (χ0v) is 26.6. The Balaban J connectivity index is 1.50. The third-order valence-electron chi connectivity index (χ3n) is 9.49. The van der Waals surface area contributed by atoms with E-state index in [-0.39, 0.29) is 36.2 Å². The zero-order valence-electron chi connectivity index (χ0n) is 25.1. The first kappa shape index (κ1) is 32.4. The average molecular weight is 670 g/mol. The predicted molar refractivity (Wildman–Crippen MR) is 172 cm³/mol. The molecule has 3 aliphatic rings. The first-order valence-corrected chi connectivity index (χ1v) is 15.9. The Hall–Kier alpha value is -3.58. The van der Waals surface area contributed by atoms with E-state index in [4.69, 9.17) is 32.7 Å². The van der Waals surface area contributed by atoms with E-state index in [0.717, 1.165) is 24.0 Å². The number of ether oxygens (including phenoxy) is 2. The maximum absolute atomic E-state index is 14.5. The van der Waals surface area contributed by atoms with Gasteiger partial charge in [0.15, 0.2) is 0 Å². The van der Waals surface area contributed by atoms with E-state index in [1.807, 2.05) is 24.3 Å². The number of nitrogens with zero attached hydrogens (tertiary/aromatic N) is 2. The summed E-state index contributed by atoms with van der Waals surface area (Å²) in [6, 6.07) is 15.7. The molecule has 3 aliphatic heterocycles. The highest BCUT2D eigenvalue weighted by atomic mass is 35.5. The molecule has 3 aromatic carbocycles. The van der Waals surface area contributed by atoms with Crippen LogP contribution < -0.4 is 10.6 Å². The highest BCUT2D eigenvalue weighted by molar-refractivity contribution is 6.31. The number of aliphatic hydroxyl groups excluding tert-OH is 1. The number of nitro benzene ring substituents is 1. The van der Waals surface area contributed by atoms with Gasteiger partial charge in [0.2, 0.25) is 5.91 Å². The van der Waals surface area contributed by atoms with Gasteiger partial charge in [0.25, 0.3) is 5.69 Å². The van der Waals surface area contributed by atoms with Gasteiger partial charge in [0.05, 0.1) is 30.2 Å². The normalized spacial score (nSPS) is 24.6. The molecule has 46 heavy (non-hydrogen) atoms. The largest absolute Gasteiger partial charge is 0.465 e. The van der Waals surface area contributed by atoms with Crippen LogP contribution in [0.1, 0.15) is 45.8 Å². The van der Waals surface area contributed by atoms with E-state index in [9.17, 15) is 24.8 Å². The Bertz CT molecular complexity index is 1670. The van der Waals surface area contributed by atoms with Crippen molar-refractivity contribution in [3.8, 4) is 0 Å². The smallest absolute Gasteiger partial charge is 0.338 e. The standard InChI is InChI=1S/C33H34Cl2N4O7/c1-45-31(41)21-5-6-22(27(14-21)39(43)44)16-36-30-28(18-40)38(17-19-9-11-46-12-10-19)33(29(30)20-3-2-4-23(34)13-20)25-8-7-24(35)15-26(25)37-32(33)42/h2-8,13-15,19,28-30,36,40H,9-12,16-18H2,1H3,(H,37,42)/t28-,29-,30+,33+/m0/s1.